The van der Waals surface area contributed by atoms with Gasteiger partial charge in [-0.1, -0.05) is 18.2 Å². The van der Waals surface area contributed by atoms with Crippen molar-refractivity contribution in [3.63, 3.8) is 0 Å². The highest BCUT2D eigenvalue weighted by Crippen LogP contribution is 2.25. The topological polar surface area (TPSA) is 43.4 Å². The Morgan fingerprint density at radius 3 is 2.50 bits per heavy atom. The van der Waals surface area contributed by atoms with Crippen LogP contribution in [-0.4, -0.2) is 24.9 Å². The fourth-order valence-electron chi connectivity index (χ4n) is 2.60. The molecule has 0 aliphatic heterocycles. The summed E-state index contributed by atoms with van der Waals surface area (Å²) in [6, 6.07) is 18.3. The summed E-state index contributed by atoms with van der Waals surface area (Å²) < 4.78 is 11.2. The molecule has 3 aromatic rings. The summed E-state index contributed by atoms with van der Waals surface area (Å²) in [5, 5.41) is 4.21. The number of ether oxygens (including phenoxy) is 2. The van der Waals surface area contributed by atoms with Crippen LogP contribution in [-0.2, 0) is 4.74 Å². The van der Waals surface area contributed by atoms with Crippen molar-refractivity contribution in [3.8, 4) is 17.0 Å². The van der Waals surface area contributed by atoms with E-state index in [1.807, 2.05) is 57.3 Å². The van der Waals surface area contributed by atoms with E-state index < -0.39 is 0 Å². The lowest BCUT2D eigenvalue weighted by Crippen LogP contribution is -2.15. The van der Waals surface area contributed by atoms with Gasteiger partial charge in [0.15, 0.2) is 6.29 Å². The number of aromatic nitrogens is 1. The van der Waals surface area contributed by atoms with Gasteiger partial charge in [0, 0.05) is 36.4 Å². The molecule has 0 spiro atoms. The molecular formula is C20H22N2O2. The third kappa shape index (κ3) is 3.66. The minimum absolute atomic E-state index is 0.273. The highest BCUT2D eigenvalue weighted by molar-refractivity contribution is 5.83. The van der Waals surface area contributed by atoms with Crippen LogP contribution in [0.15, 0.2) is 54.6 Å². The van der Waals surface area contributed by atoms with Crippen LogP contribution >= 0.6 is 0 Å². The maximum absolute atomic E-state index is 5.77. The van der Waals surface area contributed by atoms with E-state index in [9.17, 15) is 0 Å². The Bertz CT molecular complexity index is 815. The van der Waals surface area contributed by atoms with Crippen LogP contribution in [0.5, 0.6) is 5.75 Å². The molecule has 0 bridgehead atoms. The minimum atomic E-state index is -0.273. The number of nitrogens with one attached hydrogen (secondary N) is 1. The van der Waals surface area contributed by atoms with Crippen LogP contribution in [0.3, 0.4) is 0 Å². The van der Waals surface area contributed by atoms with E-state index >= 15 is 0 Å². The quantitative estimate of drug-likeness (QED) is 0.668. The Hall–Kier alpha value is -2.59. The van der Waals surface area contributed by atoms with Gasteiger partial charge in [0.2, 0.25) is 0 Å². The van der Waals surface area contributed by atoms with E-state index in [4.69, 9.17) is 14.5 Å². The monoisotopic (exact) mass is 322 g/mol. The normalized spacial score (nSPS) is 12.1. The Morgan fingerprint density at radius 2 is 1.79 bits per heavy atom. The number of hydrogen-bond donors (Lipinski definition) is 1. The molecule has 1 aromatic heterocycles. The van der Waals surface area contributed by atoms with E-state index in [1.165, 1.54) is 0 Å². The van der Waals surface area contributed by atoms with Gasteiger partial charge in [-0.15, -0.1) is 0 Å². The highest BCUT2D eigenvalue weighted by atomic mass is 16.7. The predicted octanol–water partition coefficient (Wildman–Crippen LogP) is 4.70. The van der Waals surface area contributed by atoms with Crippen molar-refractivity contribution >= 4 is 16.6 Å². The summed E-state index contributed by atoms with van der Waals surface area (Å²) in [6.45, 7) is 4.47. The highest BCUT2D eigenvalue weighted by Gasteiger charge is 2.06. The van der Waals surface area contributed by atoms with Crippen molar-refractivity contribution in [3.05, 3.63) is 54.6 Å². The second-order valence-corrected chi connectivity index (χ2v) is 5.52. The number of rotatable bonds is 6. The third-order valence-corrected chi connectivity index (χ3v) is 3.84. The SMILES string of the molecule is CCOC(C)Oc1ccc2ccc(-c3ccc(NC)cc3)nc2c1. The van der Waals surface area contributed by atoms with E-state index in [2.05, 4.69) is 23.5 Å². The van der Waals surface area contributed by atoms with Crippen LogP contribution in [0.2, 0.25) is 0 Å². The summed E-state index contributed by atoms with van der Waals surface area (Å²) in [4.78, 5) is 4.77. The first-order valence-corrected chi connectivity index (χ1v) is 8.17. The first-order chi connectivity index (χ1) is 11.7. The fourth-order valence-corrected chi connectivity index (χ4v) is 2.60. The Morgan fingerprint density at radius 1 is 1.04 bits per heavy atom. The number of hydrogen-bond acceptors (Lipinski definition) is 4. The lowest BCUT2D eigenvalue weighted by molar-refractivity contribution is -0.0612. The molecule has 0 amide bonds. The van der Waals surface area contributed by atoms with Crippen molar-refractivity contribution in [2.24, 2.45) is 0 Å². The summed E-state index contributed by atoms with van der Waals surface area (Å²) in [5.74, 6) is 0.763. The second-order valence-electron chi connectivity index (χ2n) is 5.52. The molecule has 4 nitrogen and oxygen atoms in total. The molecule has 1 N–H and O–H groups in total. The van der Waals surface area contributed by atoms with Gasteiger partial charge in [-0.05, 0) is 44.2 Å². The maximum Gasteiger partial charge on any atom is 0.196 e. The van der Waals surface area contributed by atoms with Gasteiger partial charge < -0.3 is 14.8 Å². The van der Waals surface area contributed by atoms with Crippen LogP contribution in [0.1, 0.15) is 13.8 Å². The maximum atomic E-state index is 5.77. The molecule has 1 atom stereocenters. The largest absolute Gasteiger partial charge is 0.465 e. The van der Waals surface area contributed by atoms with Crippen molar-refractivity contribution in [1.29, 1.82) is 0 Å². The van der Waals surface area contributed by atoms with Crippen LogP contribution in [0, 0.1) is 0 Å². The molecule has 4 heteroatoms. The first kappa shape index (κ1) is 16.3. The summed E-state index contributed by atoms with van der Waals surface area (Å²) in [7, 11) is 1.91. The zero-order valence-electron chi connectivity index (χ0n) is 14.2. The second kappa shape index (κ2) is 7.32. The molecule has 24 heavy (non-hydrogen) atoms. The van der Waals surface area contributed by atoms with Gasteiger partial charge in [-0.25, -0.2) is 4.98 Å². The molecule has 0 aliphatic rings. The summed E-state index contributed by atoms with van der Waals surface area (Å²) >= 11 is 0. The Balaban J connectivity index is 1.90. The lowest BCUT2D eigenvalue weighted by Gasteiger charge is -2.14. The number of benzene rings is 2. The average molecular weight is 322 g/mol. The van der Waals surface area contributed by atoms with Crippen molar-refractivity contribution in [1.82, 2.24) is 4.98 Å². The van der Waals surface area contributed by atoms with Crippen molar-refractivity contribution in [2.75, 3.05) is 19.0 Å². The average Bonchev–Trinajstić information content (AvgIpc) is 2.61. The summed E-state index contributed by atoms with van der Waals surface area (Å²) in [5.41, 5.74) is 4.02. The van der Waals surface area contributed by atoms with Crippen molar-refractivity contribution < 1.29 is 9.47 Å². The van der Waals surface area contributed by atoms with Gasteiger partial charge in [-0.2, -0.15) is 0 Å². The molecule has 124 valence electrons. The zero-order chi connectivity index (χ0) is 16.9. The number of fused-ring (bicyclic) bond motifs is 1. The molecule has 0 fully saturated rings. The first-order valence-electron chi connectivity index (χ1n) is 8.17. The van der Waals surface area contributed by atoms with E-state index in [-0.39, 0.29) is 6.29 Å². The molecule has 3 rings (SSSR count). The molecule has 0 saturated heterocycles. The number of nitrogens with zero attached hydrogens (tertiary/aromatic N) is 1. The van der Waals surface area contributed by atoms with Gasteiger partial charge >= 0.3 is 0 Å². The molecule has 2 aromatic carbocycles. The Kier molecular flexibility index (Phi) is 4.96. The van der Waals surface area contributed by atoms with Crippen LogP contribution in [0.4, 0.5) is 5.69 Å². The molecule has 0 radical (unpaired) electrons. The standard InChI is InChI=1S/C20H22N2O2/c1-4-23-14(2)24-18-11-7-16-8-12-19(22-20(16)13-18)15-5-9-17(21-3)10-6-15/h5-14,21H,4H2,1-3H3. The van der Waals surface area contributed by atoms with E-state index in [0.717, 1.165) is 33.6 Å². The van der Waals surface area contributed by atoms with Gasteiger partial charge in [0.25, 0.3) is 0 Å². The van der Waals surface area contributed by atoms with E-state index in [1.54, 1.807) is 0 Å². The minimum Gasteiger partial charge on any atom is -0.465 e. The smallest absolute Gasteiger partial charge is 0.196 e. The Labute approximate surface area is 142 Å². The molecule has 1 heterocycles. The van der Waals surface area contributed by atoms with Gasteiger partial charge in [0.05, 0.1) is 11.2 Å². The van der Waals surface area contributed by atoms with Crippen molar-refractivity contribution in [2.45, 2.75) is 20.1 Å². The van der Waals surface area contributed by atoms with Crippen LogP contribution in [0.25, 0.3) is 22.2 Å². The number of anilines is 1. The molecule has 1 unspecified atom stereocenters. The molecule has 0 aliphatic carbocycles. The van der Waals surface area contributed by atoms with E-state index in [0.29, 0.717) is 6.61 Å². The third-order valence-electron chi connectivity index (χ3n) is 3.84. The molecule has 0 saturated carbocycles. The summed E-state index contributed by atoms with van der Waals surface area (Å²) in [6.07, 6.45) is -0.273. The lowest BCUT2D eigenvalue weighted by atomic mass is 10.1. The predicted molar refractivity (Wildman–Crippen MR) is 98.4 cm³/mol. The zero-order valence-corrected chi connectivity index (χ0v) is 14.2. The van der Waals surface area contributed by atoms with Crippen LogP contribution < -0.4 is 10.1 Å². The van der Waals surface area contributed by atoms with Gasteiger partial charge in [-0.3, -0.25) is 0 Å². The number of pyridine rings is 1. The molecular weight excluding hydrogens is 300 g/mol. The van der Waals surface area contributed by atoms with Gasteiger partial charge in [0.1, 0.15) is 5.75 Å². The fraction of sp³-hybridized carbons (Fsp3) is 0.250.